The number of carbonyl (C=O) groups is 2. The van der Waals surface area contributed by atoms with Gasteiger partial charge in [-0.3, -0.25) is 4.79 Å². The first kappa shape index (κ1) is 14.5. The van der Waals surface area contributed by atoms with Gasteiger partial charge in [-0.15, -0.1) is 0 Å². The van der Waals surface area contributed by atoms with Gasteiger partial charge in [0.15, 0.2) is 0 Å². The van der Waals surface area contributed by atoms with Crippen LogP contribution in [0.5, 0.6) is 0 Å². The highest BCUT2D eigenvalue weighted by molar-refractivity contribution is 6.01. The second-order valence-corrected chi connectivity index (χ2v) is 4.26. The molecule has 2 rings (SSSR count). The van der Waals surface area contributed by atoms with E-state index >= 15 is 0 Å². The van der Waals surface area contributed by atoms with Crippen LogP contribution in [0.1, 0.15) is 10.4 Å². The standard InChI is InChI=1S/C15H13FN2O3/c16-10-4-3-5-11(8-10)17-9-14(19)18-13-7-2-1-6-12(13)15(20)21/h1-8,17H,9H2,(H,18,19)(H,20,21). The van der Waals surface area contributed by atoms with Crippen LogP contribution in [0.25, 0.3) is 0 Å². The number of hydrogen-bond acceptors (Lipinski definition) is 3. The molecule has 2 aromatic rings. The van der Waals surface area contributed by atoms with Gasteiger partial charge in [-0.05, 0) is 30.3 Å². The van der Waals surface area contributed by atoms with Crippen LogP contribution in [-0.2, 0) is 4.79 Å². The van der Waals surface area contributed by atoms with E-state index in [2.05, 4.69) is 10.6 Å². The van der Waals surface area contributed by atoms with Gasteiger partial charge in [0.05, 0.1) is 17.8 Å². The number of carboxylic acid groups (broad SMARTS) is 1. The normalized spacial score (nSPS) is 9.95. The molecule has 108 valence electrons. The Bertz CT molecular complexity index is 673. The van der Waals surface area contributed by atoms with Crippen LogP contribution in [0.2, 0.25) is 0 Å². The summed E-state index contributed by atoms with van der Waals surface area (Å²) in [5, 5.41) is 14.3. The van der Waals surface area contributed by atoms with Crippen LogP contribution in [0.3, 0.4) is 0 Å². The number of nitrogens with one attached hydrogen (secondary N) is 2. The predicted molar refractivity (Wildman–Crippen MR) is 76.9 cm³/mol. The van der Waals surface area contributed by atoms with Crippen LogP contribution in [0.15, 0.2) is 48.5 Å². The zero-order valence-corrected chi connectivity index (χ0v) is 11.0. The summed E-state index contributed by atoms with van der Waals surface area (Å²) >= 11 is 0. The monoisotopic (exact) mass is 288 g/mol. The van der Waals surface area contributed by atoms with Gasteiger partial charge in [-0.25, -0.2) is 9.18 Å². The van der Waals surface area contributed by atoms with E-state index in [1.165, 1.54) is 30.3 Å². The Labute approximate surface area is 120 Å². The van der Waals surface area contributed by atoms with Crippen molar-refractivity contribution in [3.8, 4) is 0 Å². The Morgan fingerprint density at radius 1 is 1.10 bits per heavy atom. The van der Waals surface area contributed by atoms with Gasteiger partial charge in [0.2, 0.25) is 5.91 Å². The van der Waals surface area contributed by atoms with Crippen molar-refractivity contribution in [2.75, 3.05) is 17.2 Å². The summed E-state index contributed by atoms with van der Waals surface area (Å²) in [5.41, 5.74) is 0.698. The van der Waals surface area contributed by atoms with Crippen molar-refractivity contribution in [3.63, 3.8) is 0 Å². The zero-order chi connectivity index (χ0) is 15.2. The van der Waals surface area contributed by atoms with Crippen molar-refractivity contribution in [2.24, 2.45) is 0 Å². The van der Waals surface area contributed by atoms with Crippen molar-refractivity contribution in [2.45, 2.75) is 0 Å². The molecule has 0 unspecified atom stereocenters. The Kier molecular flexibility index (Phi) is 4.50. The molecule has 0 aliphatic carbocycles. The summed E-state index contributed by atoms with van der Waals surface area (Å²) < 4.78 is 13.0. The molecule has 1 amide bonds. The van der Waals surface area contributed by atoms with Gasteiger partial charge >= 0.3 is 5.97 Å². The quantitative estimate of drug-likeness (QED) is 0.790. The van der Waals surface area contributed by atoms with Gasteiger partial charge in [-0.2, -0.15) is 0 Å². The molecular weight excluding hydrogens is 275 g/mol. The number of halogens is 1. The number of carboxylic acids is 1. The molecule has 2 aromatic carbocycles. The van der Waals surface area contributed by atoms with Gasteiger partial charge < -0.3 is 15.7 Å². The van der Waals surface area contributed by atoms with E-state index in [1.807, 2.05) is 0 Å². The highest BCUT2D eigenvalue weighted by atomic mass is 19.1. The number of anilines is 2. The zero-order valence-electron chi connectivity index (χ0n) is 11.0. The predicted octanol–water partition coefficient (Wildman–Crippen LogP) is 2.57. The Morgan fingerprint density at radius 2 is 1.86 bits per heavy atom. The van der Waals surface area contributed by atoms with Crippen molar-refractivity contribution < 1.29 is 19.1 Å². The molecule has 3 N–H and O–H groups in total. The van der Waals surface area contributed by atoms with Crippen LogP contribution in [-0.4, -0.2) is 23.5 Å². The van der Waals surface area contributed by atoms with Crippen LogP contribution >= 0.6 is 0 Å². The largest absolute Gasteiger partial charge is 0.478 e. The van der Waals surface area contributed by atoms with Gasteiger partial charge in [0.1, 0.15) is 5.82 Å². The van der Waals surface area contributed by atoms with Crippen LogP contribution in [0, 0.1) is 5.82 Å². The van der Waals surface area contributed by atoms with Crippen molar-refractivity contribution in [1.29, 1.82) is 0 Å². The van der Waals surface area contributed by atoms with Crippen molar-refractivity contribution in [1.82, 2.24) is 0 Å². The number of amides is 1. The first-order valence-corrected chi connectivity index (χ1v) is 6.18. The van der Waals surface area contributed by atoms with E-state index in [0.717, 1.165) is 0 Å². The third kappa shape index (κ3) is 4.04. The second kappa shape index (κ2) is 6.51. The summed E-state index contributed by atoms with van der Waals surface area (Å²) in [4.78, 5) is 22.8. The van der Waals surface area contributed by atoms with Crippen LogP contribution in [0.4, 0.5) is 15.8 Å². The maximum Gasteiger partial charge on any atom is 0.337 e. The van der Waals surface area contributed by atoms with Gasteiger partial charge in [-0.1, -0.05) is 18.2 Å². The lowest BCUT2D eigenvalue weighted by atomic mass is 10.2. The highest BCUT2D eigenvalue weighted by Crippen LogP contribution is 2.15. The lowest BCUT2D eigenvalue weighted by Crippen LogP contribution is -2.22. The fourth-order valence-electron chi connectivity index (χ4n) is 1.75. The Balaban J connectivity index is 1.98. The summed E-state index contributed by atoms with van der Waals surface area (Å²) in [6, 6.07) is 11.8. The SMILES string of the molecule is O=C(CNc1cccc(F)c1)Nc1ccccc1C(=O)O. The molecule has 0 fully saturated rings. The molecule has 0 atom stereocenters. The summed E-state index contributed by atoms with van der Waals surface area (Å²) in [6.45, 7) is -0.0998. The number of rotatable bonds is 5. The number of hydrogen-bond donors (Lipinski definition) is 3. The maximum atomic E-state index is 13.0. The number of benzene rings is 2. The Hall–Kier alpha value is -2.89. The molecule has 0 bridgehead atoms. The molecule has 0 spiro atoms. The molecule has 0 saturated carbocycles. The van der Waals surface area contributed by atoms with E-state index in [-0.39, 0.29) is 17.8 Å². The third-order valence-corrected chi connectivity index (χ3v) is 2.71. The molecule has 0 aliphatic rings. The first-order chi connectivity index (χ1) is 10.1. The number of para-hydroxylation sites is 1. The molecule has 0 heterocycles. The van der Waals surface area contributed by atoms with Crippen LogP contribution < -0.4 is 10.6 Å². The molecule has 0 radical (unpaired) electrons. The Morgan fingerprint density at radius 3 is 2.57 bits per heavy atom. The molecule has 0 aliphatic heterocycles. The highest BCUT2D eigenvalue weighted by Gasteiger charge is 2.11. The van der Waals surface area contributed by atoms with E-state index in [0.29, 0.717) is 5.69 Å². The van der Waals surface area contributed by atoms with Gasteiger partial charge in [0.25, 0.3) is 0 Å². The van der Waals surface area contributed by atoms with Crippen molar-refractivity contribution in [3.05, 3.63) is 59.9 Å². The van der Waals surface area contributed by atoms with E-state index < -0.39 is 17.7 Å². The summed E-state index contributed by atoms with van der Waals surface area (Å²) in [7, 11) is 0. The van der Waals surface area contributed by atoms with E-state index in [1.54, 1.807) is 18.2 Å². The maximum absolute atomic E-state index is 13.0. The third-order valence-electron chi connectivity index (χ3n) is 2.71. The average molecular weight is 288 g/mol. The first-order valence-electron chi connectivity index (χ1n) is 6.18. The second-order valence-electron chi connectivity index (χ2n) is 4.26. The number of carbonyl (C=O) groups excluding carboxylic acids is 1. The smallest absolute Gasteiger partial charge is 0.337 e. The fraction of sp³-hybridized carbons (Fsp3) is 0.0667. The minimum Gasteiger partial charge on any atom is -0.478 e. The lowest BCUT2D eigenvalue weighted by Gasteiger charge is -2.09. The lowest BCUT2D eigenvalue weighted by molar-refractivity contribution is -0.114. The van der Waals surface area contributed by atoms with E-state index in [4.69, 9.17) is 5.11 Å². The van der Waals surface area contributed by atoms with E-state index in [9.17, 15) is 14.0 Å². The summed E-state index contributed by atoms with van der Waals surface area (Å²) in [6.07, 6.45) is 0. The average Bonchev–Trinajstić information content (AvgIpc) is 2.45. The minimum absolute atomic E-state index is 0.0107. The molecular formula is C15H13FN2O3. The minimum atomic E-state index is -1.12. The van der Waals surface area contributed by atoms with Gasteiger partial charge in [0, 0.05) is 5.69 Å². The number of aromatic carboxylic acids is 1. The summed E-state index contributed by atoms with van der Waals surface area (Å²) in [5.74, 6) is -1.95. The molecule has 21 heavy (non-hydrogen) atoms. The molecule has 0 aromatic heterocycles. The topological polar surface area (TPSA) is 78.4 Å². The molecule has 0 saturated heterocycles. The molecule has 6 heteroatoms. The fourth-order valence-corrected chi connectivity index (χ4v) is 1.75. The van der Waals surface area contributed by atoms with Crippen molar-refractivity contribution >= 4 is 23.3 Å². The molecule has 5 nitrogen and oxygen atoms in total.